The zero-order valence-electron chi connectivity index (χ0n) is 17.5. The van der Waals surface area contributed by atoms with Crippen molar-refractivity contribution in [2.45, 2.75) is 38.3 Å². The Morgan fingerprint density at radius 1 is 1.03 bits per heavy atom. The van der Waals surface area contributed by atoms with Gasteiger partial charge in [-0.3, -0.25) is 4.79 Å². The van der Waals surface area contributed by atoms with Crippen molar-refractivity contribution in [1.29, 1.82) is 0 Å². The van der Waals surface area contributed by atoms with Gasteiger partial charge < -0.3 is 4.57 Å². The maximum Gasteiger partial charge on any atom is 0.246 e. The highest BCUT2D eigenvalue weighted by molar-refractivity contribution is 5.83. The molecular formula is C24H20F4N4O. The SMILES string of the molecule is O=C([C@H]1CC2(Cn3cc(F)c4ncc(F)cc43)CC1C2)N1N=CCC1c1cc(F)cc(F)c1. The number of hydrogen-bond acceptors (Lipinski definition) is 3. The highest BCUT2D eigenvalue weighted by atomic mass is 19.1. The van der Waals surface area contributed by atoms with Crippen molar-refractivity contribution >= 4 is 23.2 Å². The summed E-state index contributed by atoms with van der Waals surface area (Å²) >= 11 is 0. The van der Waals surface area contributed by atoms with E-state index in [9.17, 15) is 22.4 Å². The van der Waals surface area contributed by atoms with E-state index < -0.39 is 29.3 Å². The molecule has 2 aromatic heterocycles. The number of hydrazone groups is 1. The number of fused-ring (bicyclic) bond motifs is 2. The second kappa shape index (κ2) is 7.13. The van der Waals surface area contributed by atoms with E-state index in [1.807, 2.05) is 0 Å². The summed E-state index contributed by atoms with van der Waals surface area (Å²) in [6.45, 7) is 0.473. The first kappa shape index (κ1) is 20.4. The lowest BCUT2D eigenvalue weighted by Crippen LogP contribution is -2.35. The van der Waals surface area contributed by atoms with Gasteiger partial charge in [-0.2, -0.15) is 5.10 Å². The predicted molar refractivity (Wildman–Crippen MR) is 112 cm³/mol. The van der Waals surface area contributed by atoms with Crippen LogP contribution in [0.5, 0.6) is 0 Å². The molecule has 3 aliphatic carbocycles. The van der Waals surface area contributed by atoms with E-state index in [-0.39, 0.29) is 28.7 Å². The summed E-state index contributed by atoms with van der Waals surface area (Å²) in [6, 6.07) is 4.01. The number of benzene rings is 1. The Morgan fingerprint density at radius 3 is 2.55 bits per heavy atom. The number of halogens is 4. The van der Waals surface area contributed by atoms with Crippen molar-refractivity contribution in [2.75, 3.05) is 0 Å². The van der Waals surface area contributed by atoms with E-state index >= 15 is 0 Å². The van der Waals surface area contributed by atoms with Gasteiger partial charge in [0.25, 0.3) is 0 Å². The molecule has 3 fully saturated rings. The van der Waals surface area contributed by atoms with Crippen LogP contribution in [0.4, 0.5) is 17.6 Å². The first-order chi connectivity index (χ1) is 15.8. The van der Waals surface area contributed by atoms with Crippen LogP contribution >= 0.6 is 0 Å². The summed E-state index contributed by atoms with van der Waals surface area (Å²) < 4.78 is 57.1. The molecule has 2 atom stereocenters. The molecule has 9 heteroatoms. The molecule has 1 aliphatic heterocycles. The standard InChI is InChI=1S/C24H20F4N4O/c25-15-3-13(4-16(26)5-15)20-1-2-30-32(20)23(33)18-9-24(7-14(18)8-24)12-31-11-19(28)22-21(31)6-17(27)10-29-22/h2-6,10-11,14,18,20H,1,7-9,12H2/t14?,18-,20?,24?/m0/s1. The topological polar surface area (TPSA) is 50.5 Å². The van der Waals surface area contributed by atoms with Crippen LogP contribution in [0.25, 0.3) is 11.0 Å². The van der Waals surface area contributed by atoms with Gasteiger partial charge in [0.15, 0.2) is 5.82 Å². The van der Waals surface area contributed by atoms with Crippen LogP contribution in [0, 0.1) is 40.5 Å². The molecular weight excluding hydrogens is 436 g/mol. The van der Waals surface area contributed by atoms with Gasteiger partial charge in [0.05, 0.1) is 17.8 Å². The van der Waals surface area contributed by atoms with Crippen LogP contribution in [-0.2, 0) is 11.3 Å². The summed E-state index contributed by atoms with van der Waals surface area (Å²) in [5, 5.41) is 5.58. The zero-order chi connectivity index (χ0) is 22.9. The molecule has 3 heterocycles. The van der Waals surface area contributed by atoms with Crippen molar-refractivity contribution in [2.24, 2.45) is 22.4 Å². The fraction of sp³-hybridized carbons (Fsp3) is 0.375. The minimum atomic E-state index is -0.691. The monoisotopic (exact) mass is 456 g/mol. The molecule has 0 saturated heterocycles. The number of pyridine rings is 1. The van der Waals surface area contributed by atoms with Gasteiger partial charge in [0, 0.05) is 43.4 Å². The Morgan fingerprint density at radius 2 is 1.79 bits per heavy atom. The van der Waals surface area contributed by atoms with Crippen molar-refractivity contribution in [3.05, 3.63) is 65.5 Å². The van der Waals surface area contributed by atoms with Gasteiger partial charge in [-0.15, -0.1) is 0 Å². The maximum absolute atomic E-state index is 14.3. The Kier molecular flexibility index (Phi) is 4.41. The molecule has 1 aromatic carbocycles. The third-order valence-corrected chi connectivity index (χ3v) is 7.40. The Bertz CT molecular complexity index is 1290. The van der Waals surface area contributed by atoms with E-state index in [1.165, 1.54) is 29.4 Å². The average Bonchev–Trinajstić information content (AvgIpc) is 3.49. The minimum absolute atomic E-state index is 0.130. The second-order valence-corrected chi connectivity index (χ2v) is 9.54. The normalized spacial score (nSPS) is 28.0. The molecule has 1 amide bonds. The number of nitrogens with zero attached hydrogens (tertiary/aromatic N) is 4. The van der Waals surface area contributed by atoms with E-state index in [0.29, 0.717) is 30.5 Å². The van der Waals surface area contributed by atoms with Crippen molar-refractivity contribution in [3.8, 4) is 0 Å². The van der Waals surface area contributed by atoms with Crippen LogP contribution < -0.4 is 0 Å². The number of rotatable bonds is 4. The summed E-state index contributed by atoms with van der Waals surface area (Å²) in [5.74, 6) is -2.65. The Balaban J connectivity index is 1.22. The fourth-order valence-corrected chi connectivity index (χ4v) is 6.05. The second-order valence-electron chi connectivity index (χ2n) is 9.54. The molecule has 3 aromatic rings. The van der Waals surface area contributed by atoms with Crippen molar-refractivity contribution < 1.29 is 22.4 Å². The van der Waals surface area contributed by atoms with Crippen LogP contribution in [-0.4, -0.2) is 26.7 Å². The number of amides is 1. The van der Waals surface area contributed by atoms with Crippen LogP contribution in [0.15, 0.2) is 41.8 Å². The van der Waals surface area contributed by atoms with Crippen LogP contribution in [0.1, 0.15) is 37.3 Å². The molecule has 7 rings (SSSR count). The zero-order valence-corrected chi connectivity index (χ0v) is 17.5. The van der Waals surface area contributed by atoms with E-state index in [0.717, 1.165) is 25.1 Å². The third-order valence-electron chi connectivity index (χ3n) is 7.40. The number of hydrogen-bond donors (Lipinski definition) is 0. The molecule has 2 bridgehead atoms. The summed E-state index contributed by atoms with van der Waals surface area (Å²) in [4.78, 5) is 17.2. The largest absolute Gasteiger partial charge is 0.343 e. The maximum atomic E-state index is 14.3. The van der Waals surface area contributed by atoms with Gasteiger partial charge in [-0.1, -0.05) is 0 Å². The average molecular weight is 456 g/mol. The number of carbonyl (C=O) groups is 1. The van der Waals surface area contributed by atoms with Crippen LogP contribution in [0.3, 0.4) is 0 Å². The van der Waals surface area contributed by atoms with Crippen molar-refractivity contribution in [3.63, 3.8) is 0 Å². The molecule has 33 heavy (non-hydrogen) atoms. The van der Waals surface area contributed by atoms with E-state index in [2.05, 4.69) is 10.1 Å². The quantitative estimate of drug-likeness (QED) is 0.521. The third kappa shape index (κ3) is 3.24. The van der Waals surface area contributed by atoms with Crippen LogP contribution in [0.2, 0.25) is 0 Å². The molecule has 3 saturated carbocycles. The summed E-state index contributed by atoms with van der Waals surface area (Å²) in [7, 11) is 0. The molecule has 1 unspecified atom stereocenters. The van der Waals surface area contributed by atoms with E-state index in [4.69, 9.17) is 0 Å². The predicted octanol–water partition coefficient (Wildman–Crippen LogP) is 4.97. The molecule has 0 N–H and O–H groups in total. The van der Waals surface area contributed by atoms with Gasteiger partial charge >= 0.3 is 0 Å². The van der Waals surface area contributed by atoms with Gasteiger partial charge in [0.1, 0.15) is 23.0 Å². The minimum Gasteiger partial charge on any atom is -0.343 e. The first-order valence-electron chi connectivity index (χ1n) is 10.9. The molecule has 5 nitrogen and oxygen atoms in total. The summed E-state index contributed by atoms with van der Waals surface area (Å²) in [5.41, 5.74) is 0.727. The molecule has 0 spiro atoms. The van der Waals surface area contributed by atoms with Gasteiger partial charge in [-0.25, -0.2) is 27.6 Å². The number of carbonyl (C=O) groups excluding carboxylic acids is 1. The lowest BCUT2D eigenvalue weighted by atomic mass is 9.69. The molecule has 0 radical (unpaired) electrons. The van der Waals surface area contributed by atoms with Gasteiger partial charge in [-0.05, 0) is 48.3 Å². The highest BCUT2D eigenvalue weighted by Gasteiger charge is 2.59. The van der Waals surface area contributed by atoms with Gasteiger partial charge in [0.2, 0.25) is 5.91 Å². The lowest BCUT2D eigenvalue weighted by Gasteiger charge is -2.39. The first-order valence-corrected chi connectivity index (χ1v) is 10.9. The summed E-state index contributed by atoms with van der Waals surface area (Å²) in [6.07, 6.45) is 6.55. The highest BCUT2D eigenvalue weighted by Crippen LogP contribution is 2.63. The smallest absolute Gasteiger partial charge is 0.246 e. The lowest BCUT2D eigenvalue weighted by molar-refractivity contribution is -0.138. The van der Waals surface area contributed by atoms with E-state index in [1.54, 1.807) is 10.8 Å². The van der Waals surface area contributed by atoms with Crippen molar-refractivity contribution in [1.82, 2.24) is 14.6 Å². The fourth-order valence-electron chi connectivity index (χ4n) is 6.05. The Labute approximate surface area is 186 Å². The molecule has 170 valence electrons. The number of aromatic nitrogens is 2. The Hall–Kier alpha value is -3.23. The molecule has 4 aliphatic rings.